The molecule has 0 amide bonds. The fourth-order valence-electron chi connectivity index (χ4n) is 2.17. The van der Waals surface area contributed by atoms with E-state index in [9.17, 15) is 4.79 Å². The Bertz CT molecular complexity index is 407. The summed E-state index contributed by atoms with van der Waals surface area (Å²) in [4.78, 5) is 18.0. The third-order valence-electron chi connectivity index (χ3n) is 3.15. The van der Waals surface area contributed by atoms with Crippen LogP contribution in [0, 0.1) is 11.8 Å². The summed E-state index contributed by atoms with van der Waals surface area (Å²) in [6.07, 6.45) is 1.77. The number of methoxy groups -OCH3 is 1. The standard InChI is InChI=1S/C12H15BrN2O2/c1-8-6-15(7-10(8)12(16)17-2)11-4-3-9(13)5-14-11/h3-5,8,10H,6-7H2,1-2H3. The van der Waals surface area contributed by atoms with E-state index < -0.39 is 0 Å². The molecule has 2 unspecified atom stereocenters. The molecule has 4 nitrogen and oxygen atoms in total. The van der Waals surface area contributed by atoms with Crippen LogP contribution in [0.25, 0.3) is 0 Å². The summed E-state index contributed by atoms with van der Waals surface area (Å²) in [6.45, 7) is 3.59. The average Bonchev–Trinajstić information content (AvgIpc) is 2.71. The summed E-state index contributed by atoms with van der Waals surface area (Å²) in [5.74, 6) is 1.03. The van der Waals surface area contributed by atoms with Gasteiger partial charge < -0.3 is 9.64 Å². The Morgan fingerprint density at radius 2 is 2.29 bits per heavy atom. The first kappa shape index (κ1) is 12.4. The molecule has 92 valence electrons. The highest BCUT2D eigenvalue weighted by molar-refractivity contribution is 9.10. The van der Waals surface area contributed by atoms with Gasteiger partial charge in [0.15, 0.2) is 0 Å². The van der Waals surface area contributed by atoms with Crippen LogP contribution < -0.4 is 4.90 Å². The Morgan fingerprint density at radius 1 is 1.53 bits per heavy atom. The van der Waals surface area contributed by atoms with Crippen molar-refractivity contribution in [3.05, 3.63) is 22.8 Å². The minimum absolute atomic E-state index is 0.0505. The fourth-order valence-corrected chi connectivity index (χ4v) is 2.40. The lowest BCUT2D eigenvalue weighted by atomic mass is 9.99. The van der Waals surface area contributed by atoms with Crippen molar-refractivity contribution in [3.63, 3.8) is 0 Å². The van der Waals surface area contributed by atoms with Crippen LogP contribution in [0.2, 0.25) is 0 Å². The zero-order valence-electron chi connectivity index (χ0n) is 9.89. The highest BCUT2D eigenvalue weighted by Crippen LogP contribution is 2.28. The topological polar surface area (TPSA) is 42.4 Å². The van der Waals surface area contributed by atoms with Gasteiger partial charge in [0.25, 0.3) is 0 Å². The number of hydrogen-bond acceptors (Lipinski definition) is 4. The maximum absolute atomic E-state index is 11.6. The Hall–Kier alpha value is -1.10. The van der Waals surface area contributed by atoms with E-state index in [0.29, 0.717) is 12.5 Å². The van der Waals surface area contributed by atoms with Crippen LogP contribution >= 0.6 is 15.9 Å². The molecule has 2 heterocycles. The summed E-state index contributed by atoms with van der Waals surface area (Å²) in [5.41, 5.74) is 0. The van der Waals surface area contributed by atoms with E-state index in [1.165, 1.54) is 7.11 Å². The molecule has 1 aliphatic rings. The van der Waals surface area contributed by atoms with Crippen LogP contribution in [0.1, 0.15) is 6.92 Å². The number of carbonyl (C=O) groups is 1. The third-order valence-corrected chi connectivity index (χ3v) is 3.62. The molecule has 0 radical (unpaired) electrons. The first-order valence-corrected chi connectivity index (χ1v) is 6.35. The molecule has 5 heteroatoms. The number of aromatic nitrogens is 1. The average molecular weight is 299 g/mol. The molecule has 1 aromatic rings. The number of ether oxygens (including phenoxy) is 1. The Balaban J connectivity index is 2.10. The largest absolute Gasteiger partial charge is 0.469 e. The normalized spacial score (nSPS) is 23.8. The lowest BCUT2D eigenvalue weighted by Gasteiger charge is -2.16. The number of pyridine rings is 1. The van der Waals surface area contributed by atoms with Crippen LogP contribution in [0.4, 0.5) is 5.82 Å². The Morgan fingerprint density at radius 3 is 2.88 bits per heavy atom. The van der Waals surface area contributed by atoms with Gasteiger partial charge in [-0.15, -0.1) is 0 Å². The van der Waals surface area contributed by atoms with Crippen molar-refractivity contribution < 1.29 is 9.53 Å². The highest BCUT2D eigenvalue weighted by Gasteiger charge is 2.35. The lowest BCUT2D eigenvalue weighted by Crippen LogP contribution is -2.24. The quantitative estimate of drug-likeness (QED) is 0.784. The molecule has 1 aliphatic heterocycles. The zero-order chi connectivity index (χ0) is 12.4. The molecule has 0 saturated carbocycles. The molecule has 0 N–H and O–H groups in total. The van der Waals surface area contributed by atoms with E-state index in [1.807, 2.05) is 12.1 Å². The van der Waals surface area contributed by atoms with Gasteiger partial charge >= 0.3 is 5.97 Å². The van der Waals surface area contributed by atoms with Gasteiger partial charge in [-0.1, -0.05) is 6.92 Å². The first-order chi connectivity index (χ1) is 8.11. The van der Waals surface area contributed by atoms with Crippen LogP contribution in [0.3, 0.4) is 0 Å². The monoisotopic (exact) mass is 298 g/mol. The molecule has 0 spiro atoms. The maximum atomic E-state index is 11.6. The third kappa shape index (κ3) is 2.60. The number of halogens is 1. The van der Waals surface area contributed by atoms with Gasteiger partial charge in [-0.2, -0.15) is 0 Å². The minimum Gasteiger partial charge on any atom is -0.469 e. The van der Waals surface area contributed by atoms with Crippen molar-refractivity contribution >= 4 is 27.7 Å². The van der Waals surface area contributed by atoms with E-state index in [0.717, 1.165) is 16.8 Å². The first-order valence-electron chi connectivity index (χ1n) is 5.56. The molecule has 1 saturated heterocycles. The number of anilines is 1. The van der Waals surface area contributed by atoms with E-state index in [4.69, 9.17) is 4.74 Å². The van der Waals surface area contributed by atoms with E-state index in [1.54, 1.807) is 6.20 Å². The number of nitrogens with zero attached hydrogens (tertiary/aromatic N) is 2. The summed E-state index contributed by atoms with van der Waals surface area (Å²) in [6, 6.07) is 3.91. The van der Waals surface area contributed by atoms with Crippen molar-refractivity contribution in [2.75, 3.05) is 25.1 Å². The predicted octanol–water partition coefficient (Wildman–Crippen LogP) is 2.09. The highest BCUT2D eigenvalue weighted by atomic mass is 79.9. The molecule has 1 aromatic heterocycles. The Kier molecular flexibility index (Phi) is 3.66. The summed E-state index contributed by atoms with van der Waals surface area (Å²) in [5, 5.41) is 0. The Labute approximate surface area is 109 Å². The van der Waals surface area contributed by atoms with E-state index >= 15 is 0 Å². The van der Waals surface area contributed by atoms with Gasteiger partial charge in [-0.3, -0.25) is 4.79 Å². The van der Waals surface area contributed by atoms with Crippen molar-refractivity contribution in [2.45, 2.75) is 6.92 Å². The molecule has 2 atom stereocenters. The molecule has 2 rings (SSSR count). The van der Waals surface area contributed by atoms with Gasteiger partial charge in [-0.05, 0) is 34.0 Å². The van der Waals surface area contributed by atoms with Crippen molar-refractivity contribution in [2.24, 2.45) is 11.8 Å². The van der Waals surface area contributed by atoms with Crippen molar-refractivity contribution in [1.29, 1.82) is 0 Å². The maximum Gasteiger partial charge on any atom is 0.310 e. The van der Waals surface area contributed by atoms with E-state index in [-0.39, 0.29) is 11.9 Å². The van der Waals surface area contributed by atoms with Gasteiger partial charge in [0.2, 0.25) is 0 Å². The lowest BCUT2D eigenvalue weighted by molar-refractivity contribution is -0.145. The summed E-state index contributed by atoms with van der Waals surface area (Å²) >= 11 is 3.36. The second-order valence-corrected chi connectivity index (χ2v) is 5.26. The number of carbonyl (C=O) groups excluding carboxylic acids is 1. The van der Waals surface area contributed by atoms with Crippen LogP contribution in [-0.4, -0.2) is 31.2 Å². The molecule has 1 fully saturated rings. The van der Waals surface area contributed by atoms with Crippen molar-refractivity contribution in [3.8, 4) is 0 Å². The second-order valence-electron chi connectivity index (χ2n) is 4.35. The summed E-state index contributed by atoms with van der Waals surface area (Å²) < 4.78 is 5.77. The van der Waals surface area contributed by atoms with Gasteiger partial charge in [0.1, 0.15) is 5.82 Å². The smallest absolute Gasteiger partial charge is 0.310 e. The molecular weight excluding hydrogens is 284 g/mol. The van der Waals surface area contributed by atoms with Gasteiger partial charge in [-0.25, -0.2) is 4.98 Å². The van der Waals surface area contributed by atoms with Gasteiger partial charge in [0, 0.05) is 23.8 Å². The SMILES string of the molecule is COC(=O)C1CN(c2ccc(Br)cn2)CC1C. The zero-order valence-corrected chi connectivity index (χ0v) is 11.5. The number of esters is 1. The number of rotatable bonds is 2. The van der Waals surface area contributed by atoms with Crippen LogP contribution in [0.5, 0.6) is 0 Å². The van der Waals surface area contributed by atoms with Crippen LogP contribution in [0.15, 0.2) is 22.8 Å². The van der Waals surface area contributed by atoms with Crippen molar-refractivity contribution in [1.82, 2.24) is 4.98 Å². The van der Waals surface area contributed by atoms with E-state index in [2.05, 4.69) is 32.7 Å². The molecule has 17 heavy (non-hydrogen) atoms. The molecule has 0 aliphatic carbocycles. The molecule has 0 bridgehead atoms. The number of hydrogen-bond donors (Lipinski definition) is 0. The minimum atomic E-state index is -0.128. The predicted molar refractivity (Wildman–Crippen MR) is 68.8 cm³/mol. The molecular formula is C12H15BrN2O2. The second kappa shape index (κ2) is 5.04. The van der Waals surface area contributed by atoms with Gasteiger partial charge in [0.05, 0.1) is 13.0 Å². The summed E-state index contributed by atoms with van der Waals surface area (Å²) in [7, 11) is 1.44. The fraction of sp³-hybridized carbons (Fsp3) is 0.500. The molecule has 0 aromatic carbocycles. The van der Waals surface area contributed by atoms with Crippen LogP contribution in [-0.2, 0) is 9.53 Å².